The number of amidine groups is 1. The van der Waals surface area contributed by atoms with E-state index in [-0.39, 0.29) is 55.2 Å². The number of methoxy groups -OCH3 is 1. The number of aliphatic imine (C=N–C) groups is 1. The molecule has 1 aliphatic rings. The Labute approximate surface area is 243 Å². The van der Waals surface area contributed by atoms with Gasteiger partial charge in [0.25, 0.3) is 0 Å². The van der Waals surface area contributed by atoms with Crippen molar-refractivity contribution in [2.45, 2.75) is 53.9 Å². The number of nitrogens with zero attached hydrogens (tertiary/aromatic N) is 5. The van der Waals surface area contributed by atoms with Crippen LogP contribution in [0.2, 0.25) is 0 Å². The number of nitrogens with one attached hydrogen (secondary N) is 1. The molecule has 0 saturated carbocycles. The van der Waals surface area contributed by atoms with Crippen molar-refractivity contribution in [2.75, 3.05) is 46.4 Å². The Bertz CT molecular complexity index is 1310. The summed E-state index contributed by atoms with van der Waals surface area (Å²) >= 11 is 0. The zero-order valence-corrected chi connectivity index (χ0v) is 26.1. The summed E-state index contributed by atoms with van der Waals surface area (Å²) in [6, 6.07) is 0. The lowest BCUT2D eigenvalue weighted by atomic mass is 10.1. The minimum Gasteiger partial charge on any atom is -0.501 e. The van der Waals surface area contributed by atoms with E-state index in [0.29, 0.717) is 48.8 Å². The van der Waals surface area contributed by atoms with Crippen LogP contribution >= 0.6 is 0 Å². The fourth-order valence-corrected chi connectivity index (χ4v) is 5.64. The van der Waals surface area contributed by atoms with E-state index in [1.54, 1.807) is 24.7 Å². The third-order valence-electron chi connectivity index (χ3n) is 6.79. The molecule has 13 heteroatoms. The molecule has 12 nitrogen and oxygen atoms in total. The van der Waals surface area contributed by atoms with Gasteiger partial charge >= 0.3 is 5.97 Å². The van der Waals surface area contributed by atoms with Crippen molar-refractivity contribution < 1.29 is 27.5 Å². The van der Waals surface area contributed by atoms with E-state index in [1.165, 1.54) is 24.4 Å². The first-order valence-corrected chi connectivity index (χ1v) is 15.2. The highest BCUT2D eigenvalue weighted by atomic mass is 32.2. The number of ether oxygens (including phenoxy) is 2. The number of carbonyl (C=O) groups is 2. The van der Waals surface area contributed by atoms with Gasteiger partial charge in [0.2, 0.25) is 15.9 Å². The molecule has 0 unspecified atom stereocenters. The van der Waals surface area contributed by atoms with Gasteiger partial charge in [0, 0.05) is 52.1 Å². The highest BCUT2D eigenvalue weighted by Crippen LogP contribution is 2.29. The second-order valence-corrected chi connectivity index (χ2v) is 11.4. The van der Waals surface area contributed by atoms with Gasteiger partial charge in [0.15, 0.2) is 0 Å². The first-order chi connectivity index (χ1) is 19.4. The minimum atomic E-state index is -3.96. The molecule has 0 atom stereocenters. The number of amides is 1. The molecule has 0 radical (unpaired) electrons. The Kier molecular flexibility index (Phi) is 12.9. The molecule has 0 aliphatic carbocycles. The summed E-state index contributed by atoms with van der Waals surface area (Å²) < 4.78 is 40.8. The van der Waals surface area contributed by atoms with Crippen LogP contribution in [0.25, 0.3) is 0 Å². The second kappa shape index (κ2) is 15.6. The fraction of sp³-hybridized carbons (Fsp3) is 0.571. The van der Waals surface area contributed by atoms with Gasteiger partial charge < -0.3 is 14.8 Å². The molecule has 0 saturated heterocycles. The van der Waals surface area contributed by atoms with Gasteiger partial charge in [0.05, 0.1) is 35.6 Å². The molecule has 0 spiro atoms. The quantitative estimate of drug-likeness (QED) is 0.176. The van der Waals surface area contributed by atoms with E-state index < -0.39 is 10.0 Å². The lowest BCUT2D eigenvalue weighted by molar-refractivity contribution is -0.141. The normalized spacial score (nSPS) is 14.5. The highest BCUT2D eigenvalue weighted by molar-refractivity contribution is 7.93. The maximum absolute atomic E-state index is 13.7. The summed E-state index contributed by atoms with van der Waals surface area (Å²) in [4.78, 5) is 30.6. The maximum atomic E-state index is 13.7. The number of fused-ring (bicyclic) bond motifs is 1. The number of aryl methyl sites for hydroxylation is 2. The van der Waals surface area contributed by atoms with Crippen molar-refractivity contribution in [1.29, 1.82) is 0 Å². The first-order valence-electron chi connectivity index (χ1n) is 13.8. The van der Waals surface area contributed by atoms with Crippen LogP contribution in [0.4, 0.5) is 5.69 Å². The van der Waals surface area contributed by atoms with E-state index in [2.05, 4.69) is 17.0 Å². The molecule has 41 heavy (non-hydrogen) atoms. The van der Waals surface area contributed by atoms with Crippen molar-refractivity contribution in [3.05, 3.63) is 46.4 Å². The molecule has 1 aliphatic heterocycles. The van der Waals surface area contributed by atoms with Crippen LogP contribution in [0, 0.1) is 0 Å². The first kappa shape index (κ1) is 33.9. The van der Waals surface area contributed by atoms with Crippen LogP contribution in [0.1, 0.15) is 52.4 Å². The Morgan fingerprint density at radius 2 is 1.90 bits per heavy atom. The Morgan fingerprint density at radius 1 is 1.20 bits per heavy atom. The summed E-state index contributed by atoms with van der Waals surface area (Å²) in [5.74, 6) is 0.168. The third-order valence-corrected chi connectivity index (χ3v) is 8.69. The molecule has 1 amide bonds. The van der Waals surface area contributed by atoms with E-state index in [4.69, 9.17) is 14.5 Å². The van der Waals surface area contributed by atoms with Gasteiger partial charge in [-0.25, -0.2) is 13.4 Å². The number of likely N-dealkylation sites (N-methyl/N-ethyl adjacent to an activating group) is 2. The number of rotatable bonds is 16. The zero-order chi connectivity index (χ0) is 30.7. The SMILES string of the molecule is C=C(/C=C(\C/C(=C\C)OC)C1=Nc2c(CC)nn(C)c2CC(=O)N1)S(=O)(=O)N(CC)CCN(CC)CCOC(C)=O. The third kappa shape index (κ3) is 9.10. The minimum absolute atomic E-state index is 0.0914. The van der Waals surface area contributed by atoms with Crippen LogP contribution in [0.5, 0.6) is 0 Å². The van der Waals surface area contributed by atoms with Gasteiger partial charge in [0.1, 0.15) is 18.1 Å². The van der Waals surface area contributed by atoms with Crippen molar-refractivity contribution in [3.63, 3.8) is 0 Å². The number of carbonyl (C=O) groups excluding carboxylic acids is 2. The lowest BCUT2D eigenvalue weighted by Gasteiger charge is -2.26. The monoisotopic (exact) mass is 592 g/mol. The number of aromatic nitrogens is 2. The molecule has 2 rings (SSSR count). The van der Waals surface area contributed by atoms with Crippen LogP contribution in [0.3, 0.4) is 0 Å². The van der Waals surface area contributed by atoms with Gasteiger partial charge in [-0.05, 0) is 32.0 Å². The van der Waals surface area contributed by atoms with Crippen LogP contribution in [-0.4, -0.2) is 91.6 Å². The van der Waals surface area contributed by atoms with Crippen LogP contribution in [-0.2, 0) is 49.0 Å². The molecule has 0 aromatic carbocycles. The smallest absolute Gasteiger partial charge is 0.302 e. The highest BCUT2D eigenvalue weighted by Gasteiger charge is 2.27. The summed E-state index contributed by atoms with van der Waals surface area (Å²) in [6.45, 7) is 15.1. The van der Waals surface area contributed by atoms with Crippen molar-refractivity contribution in [2.24, 2.45) is 12.0 Å². The number of hydrogen-bond donors (Lipinski definition) is 1. The molecule has 0 fully saturated rings. The van der Waals surface area contributed by atoms with Gasteiger partial charge in [-0.15, -0.1) is 0 Å². The Morgan fingerprint density at radius 3 is 2.46 bits per heavy atom. The van der Waals surface area contributed by atoms with E-state index in [1.807, 2.05) is 25.7 Å². The fourth-order valence-electron chi connectivity index (χ4n) is 4.36. The summed E-state index contributed by atoms with van der Waals surface area (Å²) in [6.07, 6.45) is 4.11. The molecule has 228 valence electrons. The van der Waals surface area contributed by atoms with Gasteiger partial charge in [-0.1, -0.05) is 27.4 Å². The standard InChI is InChI=1S/C28H44N6O6S/c1-9-23(39-8)18-22(28-29-26(36)19-25-27(30-28)24(10-2)31-32(25)7)17-20(5)41(37,38)34(12-4)14-13-33(11-3)15-16-40-21(6)35/h9,17H,5,10-16,18-19H2,1-4,6-8H3,(H,29,30,36)/b22-17+,23-9+. The maximum Gasteiger partial charge on any atom is 0.302 e. The van der Waals surface area contributed by atoms with E-state index in [9.17, 15) is 18.0 Å². The predicted octanol–water partition coefficient (Wildman–Crippen LogP) is 2.60. The van der Waals surface area contributed by atoms with E-state index >= 15 is 0 Å². The van der Waals surface area contributed by atoms with Crippen LogP contribution < -0.4 is 5.32 Å². The zero-order valence-electron chi connectivity index (χ0n) is 25.3. The average molecular weight is 593 g/mol. The van der Waals surface area contributed by atoms with Crippen molar-refractivity contribution >= 4 is 33.4 Å². The number of sulfonamides is 1. The molecule has 1 aromatic heterocycles. The van der Waals surface area contributed by atoms with E-state index in [0.717, 1.165) is 5.69 Å². The second-order valence-electron chi connectivity index (χ2n) is 9.45. The molecule has 1 aromatic rings. The topological polar surface area (TPSA) is 135 Å². The summed E-state index contributed by atoms with van der Waals surface area (Å²) in [5, 5.41) is 7.35. The van der Waals surface area contributed by atoms with Gasteiger partial charge in [-0.2, -0.15) is 9.40 Å². The number of esters is 1. The summed E-state index contributed by atoms with van der Waals surface area (Å²) in [7, 11) is -0.657. The van der Waals surface area contributed by atoms with Crippen molar-refractivity contribution in [1.82, 2.24) is 24.3 Å². The van der Waals surface area contributed by atoms with Crippen molar-refractivity contribution in [3.8, 4) is 0 Å². The number of hydrogen-bond acceptors (Lipinski definition) is 9. The average Bonchev–Trinajstić information content (AvgIpc) is 3.10. The lowest BCUT2D eigenvalue weighted by Crippen LogP contribution is -2.40. The molecular formula is C28H44N6O6S. The summed E-state index contributed by atoms with van der Waals surface area (Å²) in [5.41, 5.74) is 2.47. The largest absolute Gasteiger partial charge is 0.501 e. The van der Waals surface area contributed by atoms with Gasteiger partial charge in [-0.3, -0.25) is 19.2 Å². The Hall–Kier alpha value is -3.29. The molecule has 1 N–H and O–H groups in total. The predicted molar refractivity (Wildman–Crippen MR) is 159 cm³/mol. The molecule has 2 heterocycles. The van der Waals surface area contributed by atoms with Crippen LogP contribution in [0.15, 0.2) is 40.0 Å². The molecule has 0 bridgehead atoms. The number of allylic oxidation sites excluding steroid dienone is 3. The Balaban J connectivity index is 2.43. The molecular weight excluding hydrogens is 548 g/mol.